The molecule has 1 saturated carbocycles. The van der Waals surface area contributed by atoms with Gasteiger partial charge in [0.1, 0.15) is 0 Å². The van der Waals surface area contributed by atoms with Crippen molar-refractivity contribution in [3.8, 4) is 0 Å². The van der Waals surface area contributed by atoms with Crippen LogP contribution in [0.5, 0.6) is 0 Å². The molecule has 1 aromatic rings. The van der Waals surface area contributed by atoms with Gasteiger partial charge in [0, 0.05) is 11.5 Å². The highest BCUT2D eigenvalue weighted by Gasteiger charge is 2.30. The van der Waals surface area contributed by atoms with Gasteiger partial charge in [-0.1, -0.05) is 24.3 Å². The number of carbonyl (C=O) groups is 1. The zero-order valence-corrected chi connectivity index (χ0v) is 8.20. The van der Waals surface area contributed by atoms with Crippen LogP contribution in [0.15, 0.2) is 36.9 Å². The monoisotopic (exact) mass is 186 g/mol. The first kappa shape index (κ1) is 9.20. The van der Waals surface area contributed by atoms with Crippen molar-refractivity contribution in [3.63, 3.8) is 0 Å². The fourth-order valence-electron chi connectivity index (χ4n) is 1.60. The summed E-state index contributed by atoms with van der Waals surface area (Å²) >= 11 is 0. The van der Waals surface area contributed by atoms with Gasteiger partial charge in [-0.15, -0.1) is 6.58 Å². The summed E-state index contributed by atoms with van der Waals surface area (Å²) in [4.78, 5) is 11.7. The molecule has 14 heavy (non-hydrogen) atoms. The van der Waals surface area contributed by atoms with Gasteiger partial charge in [0.25, 0.3) is 0 Å². The Labute approximate surface area is 84.5 Å². The molecule has 0 N–H and O–H groups in total. The maximum Gasteiger partial charge on any atom is 0.165 e. The van der Waals surface area contributed by atoms with Gasteiger partial charge >= 0.3 is 0 Å². The highest BCUT2D eigenvalue weighted by atomic mass is 16.1. The lowest BCUT2D eigenvalue weighted by atomic mass is 10.0. The molecule has 0 aliphatic heterocycles. The molecule has 1 heteroatoms. The quantitative estimate of drug-likeness (QED) is 0.522. The van der Waals surface area contributed by atoms with Gasteiger partial charge in [-0.3, -0.25) is 4.79 Å². The van der Waals surface area contributed by atoms with Crippen molar-refractivity contribution in [2.45, 2.75) is 19.3 Å². The van der Waals surface area contributed by atoms with Crippen LogP contribution in [0.4, 0.5) is 0 Å². The normalized spacial score (nSPS) is 15.1. The minimum absolute atomic E-state index is 0.314. The molecule has 0 saturated heterocycles. The molecule has 72 valence electrons. The van der Waals surface area contributed by atoms with Crippen molar-refractivity contribution < 1.29 is 4.79 Å². The predicted molar refractivity (Wildman–Crippen MR) is 57.4 cm³/mol. The van der Waals surface area contributed by atoms with Gasteiger partial charge in [-0.05, 0) is 30.9 Å². The number of allylic oxidation sites excluding steroid dienone is 1. The van der Waals surface area contributed by atoms with Crippen molar-refractivity contribution >= 4 is 5.78 Å². The van der Waals surface area contributed by atoms with Gasteiger partial charge < -0.3 is 0 Å². The Morgan fingerprint density at radius 1 is 1.50 bits per heavy atom. The first-order valence-corrected chi connectivity index (χ1v) is 5.05. The average Bonchev–Trinajstić information content (AvgIpc) is 3.01. The second kappa shape index (κ2) is 3.79. The van der Waals surface area contributed by atoms with E-state index in [0.717, 1.165) is 24.8 Å². The number of ketones is 1. The molecule has 1 nitrogen and oxygen atoms in total. The van der Waals surface area contributed by atoms with Crippen LogP contribution in [0.25, 0.3) is 0 Å². The molecular weight excluding hydrogens is 172 g/mol. The average molecular weight is 186 g/mol. The van der Waals surface area contributed by atoms with Crippen LogP contribution in [-0.4, -0.2) is 5.78 Å². The Balaban J connectivity index is 2.20. The van der Waals surface area contributed by atoms with E-state index in [-0.39, 0.29) is 0 Å². The molecule has 0 unspecified atom stereocenters. The molecule has 0 aromatic heterocycles. The van der Waals surface area contributed by atoms with E-state index < -0.39 is 0 Å². The number of carbonyl (C=O) groups excluding carboxylic acids is 1. The summed E-state index contributed by atoms with van der Waals surface area (Å²) in [6.07, 6.45) is 4.85. The lowest BCUT2D eigenvalue weighted by Gasteiger charge is -2.01. The Morgan fingerprint density at radius 2 is 2.29 bits per heavy atom. The smallest absolute Gasteiger partial charge is 0.165 e. The predicted octanol–water partition coefficient (Wildman–Crippen LogP) is 3.01. The number of rotatable bonds is 4. The molecular formula is C13H14O. The van der Waals surface area contributed by atoms with Crippen molar-refractivity contribution in [3.05, 3.63) is 48.0 Å². The minimum Gasteiger partial charge on any atom is -0.294 e. The molecule has 0 amide bonds. The topological polar surface area (TPSA) is 17.1 Å². The first-order valence-electron chi connectivity index (χ1n) is 5.05. The molecule has 0 radical (unpaired) electrons. The molecule has 0 atom stereocenters. The highest BCUT2D eigenvalue weighted by molar-refractivity contribution is 5.99. The van der Waals surface area contributed by atoms with Crippen LogP contribution < -0.4 is 0 Å². The summed E-state index contributed by atoms with van der Waals surface area (Å²) in [5.41, 5.74) is 2.04. The van der Waals surface area contributed by atoms with Crippen molar-refractivity contribution in [2.24, 2.45) is 5.92 Å². The van der Waals surface area contributed by atoms with Crippen LogP contribution in [0, 0.1) is 5.92 Å². The molecule has 1 aliphatic carbocycles. The van der Waals surface area contributed by atoms with E-state index >= 15 is 0 Å². The summed E-state index contributed by atoms with van der Waals surface area (Å²) in [5, 5.41) is 0. The van der Waals surface area contributed by atoms with Gasteiger partial charge in [-0.25, -0.2) is 0 Å². The van der Waals surface area contributed by atoms with E-state index in [1.54, 1.807) is 0 Å². The van der Waals surface area contributed by atoms with Crippen molar-refractivity contribution in [1.29, 1.82) is 0 Å². The van der Waals surface area contributed by atoms with Crippen LogP contribution in [-0.2, 0) is 6.42 Å². The van der Waals surface area contributed by atoms with E-state index in [0.29, 0.717) is 11.7 Å². The second-order valence-corrected chi connectivity index (χ2v) is 3.83. The zero-order chi connectivity index (χ0) is 9.97. The summed E-state index contributed by atoms with van der Waals surface area (Å²) in [6, 6.07) is 7.88. The highest BCUT2D eigenvalue weighted by Crippen LogP contribution is 2.32. The molecule has 0 spiro atoms. The minimum atomic E-state index is 0.314. The summed E-state index contributed by atoms with van der Waals surface area (Å²) in [7, 11) is 0. The third-order valence-corrected chi connectivity index (χ3v) is 2.54. The van der Waals surface area contributed by atoms with E-state index in [2.05, 4.69) is 6.58 Å². The fourth-order valence-corrected chi connectivity index (χ4v) is 1.60. The standard InChI is InChI=1S/C13H14O/c1-2-4-10-5-3-6-12(9-10)13(14)11-7-8-11/h2-3,5-6,9,11H,1,4,7-8H2. The van der Waals surface area contributed by atoms with Crippen molar-refractivity contribution in [2.75, 3.05) is 0 Å². The van der Waals surface area contributed by atoms with Crippen LogP contribution in [0.2, 0.25) is 0 Å². The van der Waals surface area contributed by atoms with Gasteiger partial charge in [0.15, 0.2) is 5.78 Å². The van der Waals surface area contributed by atoms with Gasteiger partial charge in [0.2, 0.25) is 0 Å². The number of benzene rings is 1. The zero-order valence-electron chi connectivity index (χ0n) is 8.20. The van der Waals surface area contributed by atoms with Crippen LogP contribution in [0.3, 0.4) is 0 Å². The second-order valence-electron chi connectivity index (χ2n) is 3.83. The third-order valence-electron chi connectivity index (χ3n) is 2.54. The molecule has 1 aromatic carbocycles. The lowest BCUT2D eigenvalue weighted by molar-refractivity contribution is 0.0967. The summed E-state index contributed by atoms with van der Waals surface area (Å²) in [5.74, 6) is 0.630. The molecule has 1 aliphatic rings. The molecule has 2 rings (SSSR count). The van der Waals surface area contributed by atoms with Gasteiger partial charge in [0.05, 0.1) is 0 Å². The SMILES string of the molecule is C=CCc1cccc(C(=O)C2CC2)c1. The van der Waals surface area contributed by atoms with E-state index in [1.807, 2.05) is 30.3 Å². The van der Waals surface area contributed by atoms with E-state index in [1.165, 1.54) is 5.56 Å². The van der Waals surface area contributed by atoms with E-state index in [4.69, 9.17) is 0 Å². The molecule has 0 heterocycles. The maximum absolute atomic E-state index is 11.7. The number of hydrogen-bond acceptors (Lipinski definition) is 1. The summed E-state index contributed by atoms with van der Waals surface area (Å²) in [6.45, 7) is 3.69. The largest absolute Gasteiger partial charge is 0.294 e. The van der Waals surface area contributed by atoms with Crippen LogP contribution >= 0.6 is 0 Å². The van der Waals surface area contributed by atoms with Gasteiger partial charge in [-0.2, -0.15) is 0 Å². The van der Waals surface area contributed by atoms with Crippen molar-refractivity contribution in [1.82, 2.24) is 0 Å². The number of Topliss-reactive ketones (excluding diaryl/α,β-unsaturated/α-hetero) is 1. The lowest BCUT2D eigenvalue weighted by Crippen LogP contribution is -2.01. The Morgan fingerprint density at radius 3 is 2.93 bits per heavy atom. The Bertz CT molecular complexity index is 361. The fraction of sp³-hybridized carbons (Fsp3) is 0.308. The third kappa shape index (κ3) is 1.92. The van der Waals surface area contributed by atoms with Crippen LogP contribution in [0.1, 0.15) is 28.8 Å². The summed E-state index contributed by atoms with van der Waals surface area (Å²) < 4.78 is 0. The Hall–Kier alpha value is -1.37. The Kier molecular flexibility index (Phi) is 2.49. The molecule has 1 fully saturated rings. The first-order chi connectivity index (χ1) is 6.81. The van der Waals surface area contributed by atoms with E-state index in [9.17, 15) is 4.79 Å². The number of hydrogen-bond donors (Lipinski definition) is 0. The maximum atomic E-state index is 11.7. The molecule has 0 bridgehead atoms.